The first-order valence-electron chi connectivity index (χ1n) is 10.4. The van der Waals surface area contributed by atoms with Crippen LogP contribution in [0.25, 0.3) is 10.9 Å². The Bertz CT molecular complexity index is 1430. The minimum absolute atomic E-state index is 0.0219. The first-order chi connectivity index (χ1) is 16.7. The second-order valence-corrected chi connectivity index (χ2v) is 8.36. The molecular formula is C25H17ClF3NO5. The van der Waals surface area contributed by atoms with E-state index in [0.29, 0.717) is 49.9 Å². The van der Waals surface area contributed by atoms with Gasteiger partial charge in [0.15, 0.2) is 11.5 Å². The van der Waals surface area contributed by atoms with Crippen molar-refractivity contribution in [1.82, 2.24) is 4.98 Å². The van der Waals surface area contributed by atoms with Gasteiger partial charge in [-0.05, 0) is 53.1 Å². The monoisotopic (exact) mass is 503 g/mol. The predicted molar refractivity (Wildman–Crippen MR) is 121 cm³/mol. The Morgan fingerprint density at radius 1 is 1.06 bits per heavy atom. The molecule has 1 aliphatic heterocycles. The van der Waals surface area contributed by atoms with Gasteiger partial charge in [-0.15, -0.1) is 0 Å². The molecule has 0 unspecified atom stereocenters. The van der Waals surface area contributed by atoms with Crippen LogP contribution in [0.3, 0.4) is 0 Å². The number of hydrogen-bond acceptors (Lipinski definition) is 4. The number of aromatic nitrogens is 1. The smallest absolute Gasteiger partial charge is 0.416 e. The van der Waals surface area contributed by atoms with Gasteiger partial charge in [-0.25, -0.2) is 4.79 Å². The third-order valence-corrected chi connectivity index (χ3v) is 6.04. The Kier molecular flexibility index (Phi) is 5.72. The van der Waals surface area contributed by atoms with Gasteiger partial charge in [-0.2, -0.15) is 13.2 Å². The van der Waals surface area contributed by atoms with Crippen LogP contribution >= 0.6 is 11.6 Å². The van der Waals surface area contributed by atoms with Crippen molar-refractivity contribution in [2.24, 2.45) is 0 Å². The van der Waals surface area contributed by atoms with E-state index in [0.717, 1.165) is 12.1 Å². The van der Waals surface area contributed by atoms with Crippen LogP contribution in [0, 0.1) is 0 Å². The van der Waals surface area contributed by atoms with E-state index in [9.17, 15) is 23.1 Å². The SMILES string of the molecule is O=C(O)c1[nH]c2ccc(OCc3ccc(C(F)(F)F)cc3)cc2c1Cc1cc2c(cc1Cl)OCO2. The summed E-state index contributed by atoms with van der Waals surface area (Å²) in [6, 6.07) is 13.1. The highest BCUT2D eigenvalue weighted by atomic mass is 35.5. The van der Waals surface area contributed by atoms with Crippen molar-refractivity contribution in [2.45, 2.75) is 19.2 Å². The fraction of sp³-hybridized carbons (Fsp3) is 0.160. The number of alkyl halides is 3. The molecular weight excluding hydrogens is 487 g/mol. The molecule has 0 atom stereocenters. The molecule has 0 spiro atoms. The highest BCUT2D eigenvalue weighted by molar-refractivity contribution is 6.31. The zero-order valence-electron chi connectivity index (χ0n) is 17.9. The molecule has 180 valence electrons. The number of ether oxygens (including phenoxy) is 3. The number of carboxylic acids is 1. The molecule has 3 aromatic carbocycles. The summed E-state index contributed by atoms with van der Waals surface area (Å²) < 4.78 is 54.8. The van der Waals surface area contributed by atoms with E-state index in [1.165, 1.54) is 12.1 Å². The number of benzene rings is 3. The summed E-state index contributed by atoms with van der Waals surface area (Å²) in [5.74, 6) is 0.364. The molecule has 0 saturated heterocycles. The summed E-state index contributed by atoms with van der Waals surface area (Å²) >= 11 is 6.41. The van der Waals surface area contributed by atoms with Crippen molar-refractivity contribution in [3.05, 3.63) is 87.6 Å². The first kappa shape index (κ1) is 22.9. The first-order valence-corrected chi connectivity index (χ1v) is 10.8. The van der Waals surface area contributed by atoms with Crippen LogP contribution in [-0.2, 0) is 19.2 Å². The zero-order valence-corrected chi connectivity index (χ0v) is 18.7. The third-order valence-electron chi connectivity index (χ3n) is 5.69. The molecule has 5 rings (SSSR count). The van der Waals surface area contributed by atoms with E-state index in [2.05, 4.69) is 4.98 Å². The number of aromatic amines is 1. The summed E-state index contributed by atoms with van der Waals surface area (Å²) in [5, 5.41) is 10.8. The van der Waals surface area contributed by atoms with Gasteiger partial charge in [0.05, 0.1) is 5.56 Å². The van der Waals surface area contributed by atoms with E-state index in [4.69, 9.17) is 25.8 Å². The van der Waals surface area contributed by atoms with Crippen LogP contribution in [0.4, 0.5) is 13.2 Å². The number of H-pyrrole nitrogens is 1. The molecule has 0 amide bonds. The van der Waals surface area contributed by atoms with Crippen molar-refractivity contribution >= 4 is 28.5 Å². The zero-order chi connectivity index (χ0) is 24.7. The van der Waals surface area contributed by atoms with Crippen molar-refractivity contribution < 1.29 is 37.3 Å². The maximum atomic E-state index is 12.8. The fourth-order valence-corrected chi connectivity index (χ4v) is 4.15. The minimum Gasteiger partial charge on any atom is -0.489 e. The van der Waals surface area contributed by atoms with E-state index < -0.39 is 17.7 Å². The van der Waals surface area contributed by atoms with E-state index in [1.54, 1.807) is 30.3 Å². The topological polar surface area (TPSA) is 80.8 Å². The normalized spacial score (nSPS) is 12.8. The Morgan fingerprint density at radius 3 is 2.46 bits per heavy atom. The Hall–Kier alpha value is -3.85. The van der Waals surface area contributed by atoms with Crippen LogP contribution in [0.2, 0.25) is 5.02 Å². The highest BCUT2D eigenvalue weighted by Crippen LogP contribution is 2.39. The number of halogens is 4. The average molecular weight is 504 g/mol. The third kappa shape index (κ3) is 4.59. The molecule has 1 aliphatic rings. The molecule has 2 heterocycles. The molecule has 0 aliphatic carbocycles. The quantitative estimate of drug-likeness (QED) is 0.316. The highest BCUT2D eigenvalue weighted by Gasteiger charge is 2.30. The second-order valence-electron chi connectivity index (χ2n) is 7.95. The molecule has 0 saturated carbocycles. The van der Waals surface area contributed by atoms with Gasteiger partial charge >= 0.3 is 12.1 Å². The summed E-state index contributed by atoms with van der Waals surface area (Å²) in [6.07, 6.45) is -4.20. The van der Waals surface area contributed by atoms with Crippen LogP contribution in [-0.4, -0.2) is 22.9 Å². The van der Waals surface area contributed by atoms with Crippen molar-refractivity contribution in [3.63, 3.8) is 0 Å². The van der Waals surface area contributed by atoms with Gasteiger partial charge in [0.2, 0.25) is 6.79 Å². The maximum absolute atomic E-state index is 12.8. The second kappa shape index (κ2) is 8.74. The van der Waals surface area contributed by atoms with Crippen molar-refractivity contribution in [1.29, 1.82) is 0 Å². The van der Waals surface area contributed by atoms with Crippen LogP contribution < -0.4 is 14.2 Å². The average Bonchev–Trinajstić information content (AvgIpc) is 3.41. The van der Waals surface area contributed by atoms with Gasteiger partial charge in [-0.1, -0.05) is 23.7 Å². The lowest BCUT2D eigenvalue weighted by atomic mass is 10.0. The molecule has 6 nitrogen and oxygen atoms in total. The summed E-state index contributed by atoms with van der Waals surface area (Å²) in [5.41, 5.74) is 1.61. The van der Waals surface area contributed by atoms with Crippen LogP contribution in [0.5, 0.6) is 17.2 Å². The summed E-state index contributed by atoms with van der Waals surface area (Å²) in [4.78, 5) is 14.8. The summed E-state index contributed by atoms with van der Waals surface area (Å²) in [6.45, 7) is 0.130. The van der Waals surface area contributed by atoms with Gasteiger partial charge in [0.25, 0.3) is 0 Å². The lowest BCUT2D eigenvalue weighted by molar-refractivity contribution is -0.137. The molecule has 1 aromatic heterocycles. The van der Waals surface area contributed by atoms with Gasteiger partial charge in [-0.3, -0.25) is 0 Å². The van der Waals surface area contributed by atoms with Gasteiger partial charge < -0.3 is 24.3 Å². The molecule has 0 bridgehead atoms. The van der Waals surface area contributed by atoms with Crippen molar-refractivity contribution in [2.75, 3.05) is 6.79 Å². The van der Waals surface area contributed by atoms with Crippen LogP contribution in [0.15, 0.2) is 54.6 Å². The predicted octanol–water partition coefficient (Wildman–Crippen LogP) is 6.44. The van der Waals surface area contributed by atoms with Crippen molar-refractivity contribution in [3.8, 4) is 17.2 Å². The molecule has 10 heteroatoms. The Labute approximate surface area is 201 Å². The standard InChI is InChI=1S/C25H17ClF3NO5/c26-19-10-22-21(34-12-35-22)8-14(19)7-18-17-9-16(5-6-20(17)30-23(18)24(31)32)33-11-13-1-3-15(4-2-13)25(27,28)29/h1-6,8-10,30H,7,11-12H2,(H,31,32). The van der Waals surface area contributed by atoms with E-state index in [1.807, 2.05) is 0 Å². The Morgan fingerprint density at radius 2 is 1.77 bits per heavy atom. The number of carboxylic acid groups (broad SMARTS) is 1. The number of aromatic carboxylic acids is 1. The van der Waals surface area contributed by atoms with Gasteiger partial charge in [0.1, 0.15) is 18.1 Å². The summed E-state index contributed by atoms with van der Waals surface area (Å²) in [7, 11) is 0. The molecule has 0 fully saturated rings. The van der Waals surface area contributed by atoms with Gasteiger partial charge in [0, 0.05) is 28.4 Å². The number of rotatable bonds is 6. The lowest BCUT2D eigenvalue weighted by Crippen LogP contribution is -2.05. The maximum Gasteiger partial charge on any atom is 0.416 e. The van der Waals surface area contributed by atoms with Crippen LogP contribution in [0.1, 0.15) is 32.7 Å². The number of fused-ring (bicyclic) bond motifs is 2. The van der Waals surface area contributed by atoms with E-state index >= 15 is 0 Å². The molecule has 35 heavy (non-hydrogen) atoms. The lowest BCUT2D eigenvalue weighted by Gasteiger charge is -2.10. The minimum atomic E-state index is -4.40. The van der Waals surface area contributed by atoms with E-state index in [-0.39, 0.29) is 25.5 Å². The number of nitrogens with one attached hydrogen (secondary N) is 1. The molecule has 2 N–H and O–H groups in total. The molecule has 0 radical (unpaired) electrons. The fourth-order valence-electron chi connectivity index (χ4n) is 3.92. The molecule has 4 aromatic rings. The number of carbonyl (C=O) groups is 1. The largest absolute Gasteiger partial charge is 0.489 e. The number of hydrogen-bond donors (Lipinski definition) is 2. The Balaban J connectivity index is 1.43.